The van der Waals surface area contributed by atoms with E-state index in [1.54, 1.807) is 6.07 Å². The van der Waals surface area contributed by atoms with Crippen LogP contribution in [0.25, 0.3) is 10.9 Å². The fourth-order valence-corrected chi connectivity index (χ4v) is 3.98. The van der Waals surface area contributed by atoms with E-state index in [2.05, 4.69) is 25.8 Å². The Morgan fingerprint density at radius 2 is 1.96 bits per heavy atom. The largest absolute Gasteiger partial charge is 0.464 e. The molecule has 1 aliphatic heterocycles. The lowest BCUT2D eigenvalue weighted by molar-refractivity contribution is -0.132. The van der Waals surface area contributed by atoms with Crippen molar-refractivity contribution in [2.24, 2.45) is 5.92 Å². The highest BCUT2D eigenvalue weighted by Crippen LogP contribution is 2.33. The molecule has 1 aromatic carbocycles. The molecule has 4 rings (SSSR count). The Morgan fingerprint density at radius 3 is 2.70 bits per heavy atom. The van der Waals surface area contributed by atoms with Crippen molar-refractivity contribution in [2.75, 3.05) is 38.2 Å². The van der Waals surface area contributed by atoms with Crippen LogP contribution in [0.5, 0.6) is 0 Å². The Kier molecular flexibility index (Phi) is 5.04. The number of carbonyl (C=O) groups excluding carboxylic acids is 2. The molecular formula is C20H22BrN3O3. The van der Waals surface area contributed by atoms with E-state index in [0.29, 0.717) is 18.1 Å². The van der Waals surface area contributed by atoms with Crippen molar-refractivity contribution in [3.05, 3.63) is 34.4 Å². The van der Waals surface area contributed by atoms with Crippen molar-refractivity contribution in [1.29, 1.82) is 0 Å². The van der Waals surface area contributed by atoms with E-state index in [1.807, 2.05) is 23.1 Å². The van der Waals surface area contributed by atoms with E-state index in [1.165, 1.54) is 7.11 Å². The number of hydrogen-bond donors (Lipinski definition) is 0. The maximum atomic E-state index is 12.4. The molecule has 0 atom stereocenters. The number of rotatable bonds is 3. The Labute approximate surface area is 166 Å². The first-order valence-corrected chi connectivity index (χ1v) is 10.1. The highest BCUT2D eigenvalue weighted by atomic mass is 79.9. The smallest absolute Gasteiger partial charge is 0.356 e. The fourth-order valence-electron chi connectivity index (χ4n) is 3.62. The summed E-state index contributed by atoms with van der Waals surface area (Å²) < 4.78 is 5.84. The molecule has 1 saturated carbocycles. The van der Waals surface area contributed by atoms with Gasteiger partial charge in [-0.05, 0) is 43.5 Å². The van der Waals surface area contributed by atoms with Gasteiger partial charge in [0.15, 0.2) is 5.69 Å². The van der Waals surface area contributed by atoms with Crippen molar-refractivity contribution < 1.29 is 14.3 Å². The van der Waals surface area contributed by atoms with Gasteiger partial charge >= 0.3 is 5.97 Å². The number of aromatic nitrogens is 1. The Bertz CT molecular complexity index is 897. The van der Waals surface area contributed by atoms with Crippen LogP contribution in [0.4, 0.5) is 5.69 Å². The first-order valence-electron chi connectivity index (χ1n) is 9.29. The minimum absolute atomic E-state index is 0.250. The van der Waals surface area contributed by atoms with Gasteiger partial charge in [0.2, 0.25) is 5.91 Å². The fraction of sp³-hybridized carbons (Fsp3) is 0.450. The van der Waals surface area contributed by atoms with Crippen LogP contribution in [0.3, 0.4) is 0 Å². The molecule has 27 heavy (non-hydrogen) atoms. The summed E-state index contributed by atoms with van der Waals surface area (Å²) in [4.78, 5) is 33.2. The summed E-state index contributed by atoms with van der Waals surface area (Å²) in [5, 5.41) is 0.985. The zero-order chi connectivity index (χ0) is 19.0. The molecule has 2 fully saturated rings. The number of ether oxygens (including phenoxy) is 1. The number of esters is 1. The van der Waals surface area contributed by atoms with Crippen LogP contribution in [0.2, 0.25) is 0 Å². The van der Waals surface area contributed by atoms with Gasteiger partial charge in [-0.25, -0.2) is 9.78 Å². The predicted octanol–water partition coefficient (Wildman–Crippen LogP) is 3.23. The molecular weight excluding hydrogens is 410 g/mol. The second kappa shape index (κ2) is 7.46. The summed E-state index contributed by atoms with van der Waals surface area (Å²) in [6.45, 7) is 3.08. The number of benzene rings is 1. The average molecular weight is 432 g/mol. The zero-order valence-electron chi connectivity index (χ0n) is 15.3. The molecule has 2 aromatic rings. The number of carbonyl (C=O) groups is 2. The molecule has 1 aromatic heterocycles. The highest BCUT2D eigenvalue weighted by molar-refractivity contribution is 9.10. The van der Waals surface area contributed by atoms with Gasteiger partial charge in [0, 0.05) is 47.6 Å². The van der Waals surface area contributed by atoms with Crippen molar-refractivity contribution >= 4 is 44.4 Å². The summed E-state index contributed by atoms with van der Waals surface area (Å²) >= 11 is 3.53. The van der Waals surface area contributed by atoms with Gasteiger partial charge in [0.25, 0.3) is 0 Å². The van der Waals surface area contributed by atoms with Crippen LogP contribution in [0.15, 0.2) is 28.7 Å². The molecule has 7 heteroatoms. The topological polar surface area (TPSA) is 62.7 Å². The summed E-state index contributed by atoms with van der Waals surface area (Å²) in [5.74, 6) is 0.107. The molecule has 1 amide bonds. The molecule has 6 nitrogen and oxygen atoms in total. The third kappa shape index (κ3) is 3.78. The number of amides is 1. The van der Waals surface area contributed by atoms with Crippen LogP contribution in [-0.2, 0) is 9.53 Å². The normalized spacial score (nSPS) is 17.7. The molecule has 2 aliphatic rings. The Hall–Kier alpha value is -2.15. The van der Waals surface area contributed by atoms with E-state index in [9.17, 15) is 9.59 Å². The summed E-state index contributed by atoms with van der Waals surface area (Å²) in [6.07, 6.45) is 2.97. The SMILES string of the molecule is COC(=O)c1cc(N2CCCN(C(=O)C3CC3)CC2)c2cc(Br)ccc2n1. The van der Waals surface area contributed by atoms with Gasteiger partial charge in [-0.1, -0.05) is 15.9 Å². The first-order chi connectivity index (χ1) is 13.1. The highest BCUT2D eigenvalue weighted by Gasteiger charge is 2.34. The van der Waals surface area contributed by atoms with Crippen LogP contribution >= 0.6 is 15.9 Å². The molecule has 1 saturated heterocycles. The first kappa shape index (κ1) is 18.2. The molecule has 0 N–H and O–H groups in total. The van der Waals surface area contributed by atoms with Crippen molar-refractivity contribution in [1.82, 2.24) is 9.88 Å². The lowest BCUT2D eigenvalue weighted by atomic mass is 10.1. The molecule has 142 valence electrons. The molecule has 2 heterocycles. The minimum atomic E-state index is -0.443. The number of pyridine rings is 1. The maximum Gasteiger partial charge on any atom is 0.356 e. The lowest BCUT2D eigenvalue weighted by Crippen LogP contribution is -2.36. The van der Waals surface area contributed by atoms with Gasteiger partial charge in [0.1, 0.15) is 0 Å². The van der Waals surface area contributed by atoms with Gasteiger partial charge < -0.3 is 14.5 Å². The number of methoxy groups -OCH3 is 1. The predicted molar refractivity (Wildman–Crippen MR) is 107 cm³/mol. The third-order valence-electron chi connectivity index (χ3n) is 5.22. The molecule has 1 aliphatic carbocycles. The number of halogens is 1. The van der Waals surface area contributed by atoms with Gasteiger partial charge in [-0.2, -0.15) is 0 Å². The third-order valence-corrected chi connectivity index (χ3v) is 5.71. The summed E-state index contributed by atoms with van der Waals surface area (Å²) in [6, 6.07) is 7.64. The zero-order valence-corrected chi connectivity index (χ0v) is 16.9. The molecule has 0 spiro atoms. The van der Waals surface area contributed by atoms with E-state index < -0.39 is 5.97 Å². The number of fused-ring (bicyclic) bond motifs is 1. The van der Waals surface area contributed by atoms with Crippen LogP contribution < -0.4 is 4.90 Å². The average Bonchev–Trinajstić information content (AvgIpc) is 3.52. The van der Waals surface area contributed by atoms with Crippen LogP contribution in [0, 0.1) is 5.92 Å². The van der Waals surface area contributed by atoms with Crippen molar-refractivity contribution in [3.8, 4) is 0 Å². The van der Waals surface area contributed by atoms with Crippen LogP contribution in [0.1, 0.15) is 29.8 Å². The van der Waals surface area contributed by atoms with Crippen molar-refractivity contribution in [3.63, 3.8) is 0 Å². The van der Waals surface area contributed by atoms with Gasteiger partial charge in [-0.15, -0.1) is 0 Å². The number of hydrogen-bond acceptors (Lipinski definition) is 5. The van der Waals surface area contributed by atoms with Gasteiger partial charge in [-0.3, -0.25) is 4.79 Å². The minimum Gasteiger partial charge on any atom is -0.464 e. The molecule has 0 radical (unpaired) electrons. The standard InChI is InChI=1S/C20H22BrN3O3/c1-27-20(26)17-12-18(15-11-14(21)5-6-16(15)22-17)23-7-2-8-24(10-9-23)19(25)13-3-4-13/h5-6,11-13H,2-4,7-10H2,1H3. The summed E-state index contributed by atoms with van der Waals surface area (Å²) in [7, 11) is 1.36. The van der Waals surface area contributed by atoms with E-state index in [0.717, 1.165) is 60.0 Å². The molecule has 0 bridgehead atoms. The Morgan fingerprint density at radius 1 is 1.15 bits per heavy atom. The monoisotopic (exact) mass is 431 g/mol. The quantitative estimate of drug-likeness (QED) is 0.697. The maximum absolute atomic E-state index is 12.4. The number of nitrogens with zero attached hydrogens (tertiary/aromatic N) is 3. The van der Waals surface area contributed by atoms with Crippen molar-refractivity contribution in [2.45, 2.75) is 19.3 Å². The summed E-state index contributed by atoms with van der Waals surface area (Å²) in [5.41, 5.74) is 2.02. The lowest BCUT2D eigenvalue weighted by Gasteiger charge is -2.25. The van der Waals surface area contributed by atoms with Gasteiger partial charge in [0.05, 0.1) is 12.6 Å². The number of anilines is 1. The van der Waals surface area contributed by atoms with E-state index >= 15 is 0 Å². The van der Waals surface area contributed by atoms with Crippen LogP contribution in [-0.4, -0.2) is 55.0 Å². The molecule has 0 unspecified atom stereocenters. The Balaban J connectivity index is 1.67. The second-order valence-electron chi connectivity index (χ2n) is 7.12. The second-order valence-corrected chi connectivity index (χ2v) is 8.04. The van der Waals surface area contributed by atoms with E-state index in [-0.39, 0.29) is 5.92 Å². The van der Waals surface area contributed by atoms with E-state index in [4.69, 9.17) is 4.74 Å².